The van der Waals surface area contributed by atoms with Crippen molar-refractivity contribution in [2.45, 2.75) is 6.54 Å². The Morgan fingerprint density at radius 3 is 2.57 bits per heavy atom. The number of non-ortho nitro benzene ring substituents is 1. The molecule has 0 saturated heterocycles. The van der Waals surface area contributed by atoms with E-state index in [0.29, 0.717) is 17.0 Å². The van der Waals surface area contributed by atoms with Gasteiger partial charge in [0, 0.05) is 24.4 Å². The van der Waals surface area contributed by atoms with E-state index in [-0.39, 0.29) is 12.2 Å². The van der Waals surface area contributed by atoms with E-state index >= 15 is 0 Å². The zero-order valence-electron chi connectivity index (χ0n) is 11.1. The maximum Gasteiger partial charge on any atom is 0.273 e. The molecule has 0 heterocycles. The number of nitrogens with zero attached hydrogens (tertiary/aromatic N) is 1. The van der Waals surface area contributed by atoms with Crippen molar-refractivity contribution in [2.24, 2.45) is 0 Å². The maximum atomic E-state index is 13.1. The lowest BCUT2D eigenvalue weighted by Gasteiger charge is -2.08. The zero-order valence-corrected chi connectivity index (χ0v) is 11.1. The molecule has 2 aromatic carbocycles. The Labute approximate surface area is 119 Å². The third kappa shape index (κ3) is 3.65. The predicted molar refractivity (Wildman–Crippen MR) is 73.3 cm³/mol. The number of nitro groups is 1. The first-order valence-electron chi connectivity index (χ1n) is 6.01. The highest BCUT2D eigenvalue weighted by Gasteiger charge is 2.10. The van der Waals surface area contributed by atoms with Gasteiger partial charge in [-0.15, -0.1) is 0 Å². The summed E-state index contributed by atoms with van der Waals surface area (Å²) in [6, 6.07) is 7.72. The van der Waals surface area contributed by atoms with Crippen LogP contribution in [-0.2, 0) is 6.54 Å². The summed E-state index contributed by atoms with van der Waals surface area (Å²) >= 11 is 0. The quantitative estimate of drug-likeness (QED) is 0.677. The molecular weight excluding hydrogens is 282 g/mol. The minimum atomic E-state index is -0.961. The van der Waals surface area contributed by atoms with Gasteiger partial charge in [-0.25, -0.2) is 8.78 Å². The van der Waals surface area contributed by atoms with Crippen molar-refractivity contribution in [1.82, 2.24) is 0 Å². The molecule has 0 amide bonds. The zero-order chi connectivity index (χ0) is 15.4. The number of hydrogen-bond donors (Lipinski definition) is 1. The van der Waals surface area contributed by atoms with E-state index in [1.165, 1.54) is 25.3 Å². The van der Waals surface area contributed by atoms with Gasteiger partial charge in [0.2, 0.25) is 0 Å². The molecule has 0 spiro atoms. The van der Waals surface area contributed by atoms with E-state index in [2.05, 4.69) is 5.32 Å². The molecular formula is C14H12F2N2O3. The lowest BCUT2D eigenvalue weighted by atomic mass is 10.2. The van der Waals surface area contributed by atoms with Gasteiger partial charge in [0.15, 0.2) is 11.6 Å². The van der Waals surface area contributed by atoms with Gasteiger partial charge in [-0.1, -0.05) is 0 Å². The van der Waals surface area contributed by atoms with Gasteiger partial charge in [-0.3, -0.25) is 10.1 Å². The first-order valence-corrected chi connectivity index (χ1v) is 6.01. The molecule has 21 heavy (non-hydrogen) atoms. The van der Waals surface area contributed by atoms with E-state index < -0.39 is 16.6 Å². The minimum absolute atomic E-state index is 0.101. The smallest absolute Gasteiger partial charge is 0.273 e. The Bertz CT molecular complexity index is 677. The third-order valence-corrected chi connectivity index (χ3v) is 2.81. The Kier molecular flexibility index (Phi) is 4.32. The van der Waals surface area contributed by atoms with Crippen LogP contribution in [0.15, 0.2) is 36.4 Å². The molecule has 5 nitrogen and oxygen atoms in total. The fourth-order valence-corrected chi connectivity index (χ4v) is 1.78. The number of nitrogens with one attached hydrogen (secondary N) is 1. The van der Waals surface area contributed by atoms with Crippen molar-refractivity contribution >= 4 is 11.4 Å². The van der Waals surface area contributed by atoms with Crippen molar-refractivity contribution in [3.63, 3.8) is 0 Å². The second-order valence-corrected chi connectivity index (χ2v) is 4.28. The van der Waals surface area contributed by atoms with Gasteiger partial charge < -0.3 is 10.1 Å². The number of anilines is 1. The fraction of sp³-hybridized carbons (Fsp3) is 0.143. The molecule has 0 radical (unpaired) electrons. The average Bonchev–Trinajstić information content (AvgIpc) is 2.48. The van der Waals surface area contributed by atoms with Gasteiger partial charge in [0.05, 0.1) is 18.1 Å². The summed E-state index contributed by atoms with van der Waals surface area (Å²) in [5, 5.41) is 13.7. The highest BCUT2D eigenvalue weighted by molar-refractivity contribution is 5.47. The van der Waals surface area contributed by atoms with Gasteiger partial charge in [0.1, 0.15) is 5.75 Å². The first-order chi connectivity index (χ1) is 9.99. The molecule has 0 aliphatic heterocycles. The molecule has 0 bridgehead atoms. The van der Waals surface area contributed by atoms with E-state index in [4.69, 9.17) is 4.74 Å². The van der Waals surface area contributed by atoms with Crippen LogP contribution in [0, 0.1) is 21.7 Å². The monoisotopic (exact) mass is 294 g/mol. The van der Waals surface area contributed by atoms with Crippen LogP contribution in [0.1, 0.15) is 5.56 Å². The number of methoxy groups -OCH3 is 1. The van der Waals surface area contributed by atoms with Crippen LogP contribution in [0.2, 0.25) is 0 Å². The van der Waals surface area contributed by atoms with Crippen LogP contribution >= 0.6 is 0 Å². The highest BCUT2D eigenvalue weighted by atomic mass is 19.2. The molecule has 0 aromatic heterocycles. The lowest BCUT2D eigenvalue weighted by molar-refractivity contribution is -0.385. The average molecular weight is 294 g/mol. The summed E-state index contributed by atoms with van der Waals surface area (Å²) in [5.74, 6) is -1.54. The summed E-state index contributed by atoms with van der Waals surface area (Å²) in [6.07, 6.45) is 0. The van der Waals surface area contributed by atoms with Crippen molar-refractivity contribution in [1.29, 1.82) is 0 Å². The molecule has 110 valence electrons. The van der Waals surface area contributed by atoms with Crippen LogP contribution in [-0.4, -0.2) is 12.0 Å². The summed E-state index contributed by atoms with van der Waals surface area (Å²) in [4.78, 5) is 10.3. The van der Waals surface area contributed by atoms with E-state index in [0.717, 1.165) is 12.1 Å². The predicted octanol–water partition coefficient (Wildman–Crippen LogP) is 3.49. The molecule has 0 aliphatic carbocycles. The van der Waals surface area contributed by atoms with Crippen LogP contribution < -0.4 is 10.1 Å². The summed E-state index contributed by atoms with van der Waals surface area (Å²) < 4.78 is 30.9. The normalized spacial score (nSPS) is 10.2. The fourth-order valence-electron chi connectivity index (χ4n) is 1.78. The minimum Gasteiger partial charge on any atom is -0.496 e. The Balaban J connectivity index is 2.17. The van der Waals surface area contributed by atoms with Gasteiger partial charge in [-0.2, -0.15) is 0 Å². The summed E-state index contributed by atoms with van der Waals surface area (Å²) in [5.41, 5.74) is 0.863. The number of hydrogen-bond acceptors (Lipinski definition) is 4. The van der Waals surface area contributed by atoms with Crippen LogP contribution in [0.5, 0.6) is 5.75 Å². The van der Waals surface area contributed by atoms with Gasteiger partial charge >= 0.3 is 0 Å². The molecule has 0 aliphatic rings. The van der Waals surface area contributed by atoms with Crippen molar-refractivity contribution in [2.75, 3.05) is 12.4 Å². The molecule has 2 aromatic rings. The van der Waals surface area contributed by atoms with Crippen LogP contribution in [0.25, 0.3) is 0 Å². The largest absolute Gasteiger partial charge is 0.496 e. The molecule has 0 fully saturated rings. The number of nitro benzene ring substituents is 1. The second kappa shape index (κ2) is 6.17. The lowest BCUT2D eigenvalue weighted by Crippen LogP contribution is -2.02. The number of halogens is 2. The molecule has 7 heteroatoms. The van der Waals surface area contributed by atoms with Crippen molar-refractivity contribution in [3.05, 3.63) is 63.7 Å². The van der Waals surface area contributed by atoms with Gasteiger partial charge in [-0.05, 0) is 23.8 Å². The molecule has 0 atom stereocenters. The molecule has 0 unspecified atom stereocenters. The SMILES string of the molecule is COc1cc(CNc2ccc(F)c(F)c2)cc([N+](=O)[O-])c1. The van der Waals surface area contributed by atoms with E-state index in [9.17, 15) is 18.9 Å². The van der Waals surface area contributed by atoms with E-state index in [1.54, 1.807) is 6.07 Å². The molecule has 2 rings (SSSR count). The summed E-state index contributed by atoms with van der Waals surface area (Å²) in [6.45, 7) is 0.211. The second-order valence-electron chi connectivity index (χ2n) is 4.28. The Morgan fingerprint density at radius 1 is 1.19 bits per heavy atom. The number of benzene rings is 2. The van der Waals surface area contributed by atoms with Crippen LogP contribution in [0.4, 0.5) is 20.2 Å². The Morgan fingerprint density at radius 2 is 1.95 bits per heavy atom. The van der Waals surface area contributed by atoms with Gasteiger partial charge in [0.25, 0.3) is 5.69 Å². The van der Waals surface area contributed by atoms with E-state index in [1.807, 2.05) is 0 Å². The topological polar surface area (TPSA) is 64.4 Å². The standard InChI is InChI=1S/C14H12F2N2O3/c1-21-12-5-9(4-11(7-12)18(19)20)8-17-10-2-3-13(15)14(16)6-10/h2-7,17H,8H2,1H3. The molecule has 0 saturated carbocycles. The number of rotatable bonds is 5. The third-order valence-electron chi connectivity index (χ3n) is 2.81. The summed E-state index contributed by atoms with van der Waals surface area (Å²) in [7, 11) is 1.41. The number of ether oxygens (including phenoxy) is 1. The first kappa shape index (κ1) is 14.7. The molecule has 1 N–H and O–H groups in total. The van der Waals surface area contributed by atoms with Crippen molar-refractivity contribution in [3.8, 4) is 5.75 Å². The van der Waals surface area contributed by atoms with Crippen molar-refractivity contribution < 1.29 is 18.4 Å². The van der Waals surface area contributed by atoms with Crippen LogP contribution in [0.3, 0.4) is 0 Å². The Hall–Kier alpha value is -2.70. The highest BCUT2D eigenvalue weighted by Crippen LogP contribution is 2.23. The maximum absolute atomic E-state index is 13.1.